The van der Waals surface area contributed by atoms with Gasteiger partial charge in [-0.25, -0.2) is 15.0 Å². The van der Waals surface area contributed by atoms with Crippen molar-refractivity contribution in [2.75, 3.05) is 6.54 Å². The molecule has 2 unspecified atom stereocenters. The Hall–Kier alpha value is -3.27. The molecule has 1 aliphatic heterocycles. The SMILES string of the molecule is Cc1cnc(C(=O)N2CCCC(Oc3ncc(C(F)(F)F)cc3Cl)C2C)c(-c2ncccn2)c1. The smallest absolute Gasteiger partial charge is 0.417 e. The molecule has 7 nitrogen and oxygen atoms in total. The van der Waals surface area contributed by atoms with Crippen molar-refractivity contribution in [2.45, 2.75) is 45.0 Å². The lowest BCUT2D eigenvalue weighted by Gasteiger charge is -2.39. The summed E-state index contributed by atoms with van der Waals surface area (Å²) in [6, 6.07) is 3.87. The van der Waals surface area contributed by atoms with Gasteiger partial charge < -0.3 is 9.64 Å². The first-order chi connectivity index (χ1) is 16.1. The highest BCUT2D eigenvalue weighted by molar-refractivity contribution is 6.31. The van der Waals surface area contributed by atoms with Crippen molar-refractivity contribution in [3.8, 4) is 17.3 Å². The Kier molecular flexibility index (Phi) is 6.70. The summed E-state index contributed by atoms with van der Waals surface area (Å²) in [5.74, 6) is -0.0253. The molecule has 0 saturated carbocycles. The van der Waals surface area contributed by atoms with E-state index in [1.54, 1.807) is 29.6 Å². The lowest BCUT2D eigenvalue weighted by atomic mass is 9.98. The molecule has 11 heteroatoms. The number of pyridine rings is 2. The Bertz CT molecular complexity index is 1190. The van der Waals surface area contributed by atoms with Crippen LogP contribution in [0.3, 0.4) is 0 Å². The molecule has 178 valence electrons. The molecule has 3 aromatic heterocycles. The number of alkyl halides is 3. The van der Waals surface area contributed by atoms with E-state index in [4.69, 9.17) is 16.3 Å². The van der Waals surface area contributed by atoms with E-state index in [0.717, 1.165) is 11.6 Å². The first kappa shape index (κ1) is 23.9. The zero-order valence-corrected chi connectivity index (χ0v) is 19.1. The minimum Gasteiger partial charge on any atom is -0.471 e. The number of piperidine rings is 1. The number of rotatable bonds is 4. The van der Waals surface area contributed by atoms with Crippen molar-refractivity contribution >= 4 is 17.5 Å². The zero-order valence-electron chi connectivity index (χ0n) is 18.4. The van der Waals surface area contributed by atoms with E-state index in [2.05, 4.69) is 19.9 Å². The number of nitrogens with zero attached hydrogens (tertiary/aromatic N) is 5. The molecule has 2 atom stereocenters. The maximum atomic E-state index is 13.5. The van der Waals surface area contributed by atoms with Crippen molar-refractivity contribution in [1.29, 1.82) is 0 Å². The summed E-state index contributed by atoms with van der Waals surface area (Å²) >= 11 is 6.01. The minimum atomic E-state index is -4.56. The van der Waals surface area contributed by atoms with Crippen LogP contribution in [-0.4, -0.2) is 49.4 Å². The van der Waals surface area contributed by atoms with Crippen LogP contribution in [0.5, 0.6) is 5.88 Å². The number of hydrogen-bond donors (Lipinski definition) is 0. The normalized spacial score (nSPS) is 18.6. The van der Waals surface area contributed by atoms with Gasteiger partial charge in [0.2, 0.25) is 5.88 Å². The average molecular weight is 492 g/mol. The van der Waals surface area contributed by atoms with Crippen LogP contribution in [0, 0.1) is 6.92 Å². The third kappa shape index (κ3) is 4.96. The van der Waals surface area contributed by atoms with E-state index in [9.17, 15) is 18.0 Å². The second kappa shape index (κ2) is 9.54. The number of hydrogen-bond acceptors (Lipinski definition) is 6. The highest BCUT2D eigenvalue weighted by Crippen LogP contribution is 2.34. The van der Waals surface area contributed by atoms with Crippen molar-refractivity contribution in [1.82, 2.24) is 24.8 Å². The summed E-state index contributed by atoms with van der Waals surface area (Å²) < 4.78 is 44.6. The Balaban J connectivity index is 1.58. The number of carbonyl (C=O) groups is 1. The Morgan fingerprint density at radius 1 is 1.15 bits per heavy atom. The van der Waals surface area contributed by atoms with Gasteiger partial charge in [-0.1, -0.05) is 11.6 Å². The molecule has 34 heavy (non-hydrogen) atoms. The molecule has 1 fully saturated rings. The molecular formula is C23H21ClF3N5O2. The molecule has 3 aromatic rings. The van der Waals surface area contributed by atoms with Crippen molar-refractivity contribution < 1.29 is 22.7 Å². The Labute approximate surface area is 199 Å². The van der Waals surface area contributed by atoms with Crippen LogP contribution >= 0.6 is 11.6 Å². The number of halogens is 4. The van der Waals surface area contributed by atoms with Gasteiger partial charge in [-0.2, -0.15) is 13.2 Å². The molecule has 1 aliphatic rings. The van der Waals surface area contributed by atoms with Crippen LogP contribution in [0.4, 0.5) is 13.2 Å². The molecule has 0 aliphatic carbocycles. The van der Waals surface area contributed by atoms with E-state index in [0.29, 0.717) is 37.0 Å². The predicted molar refractivity (Wildman–Crippen MR) is 118 cm³/mol. The summed E-state index contributed by atoms with van der Waals surface area (Å²) in [7, 11) is 0. The highest BCUT2D eigenvalue weighted by Gasteiger charge is 2.36. The fourth-order valence-electron chi connectivity index (χ4n) is 3.85. The second-order valence-electron chi connectivity index (χ2n) is 8.03. The Morgan fingerprint density at radius 2 is 1.88 bits per heavy atom. The van der Waals surface area contributed by atoms with Gasteiger partial charge >= 0.3 is 6.18 Å². The van der Waals surface area contributed by atoms with Crippen LogP contribution in [0.15, 0.2) is 43.0 Å². The average Bonchev–Trinajstić information content (AvgIpc) is 2.81. The summed E-state index contributed by atoms with van der Waals surface area (Å²) in [4.78, 5) is 31.8. The first-order valence-electron chi connectivity index (χ1n) is 10.6. The lowest BCUT2D eigenvalue weighted by Crippen LogP contribution is -2.51. The number of ether oxygens (including phenoxy) is 1. The predicted octanol–water partition coefficient (Wildman–Crippen LogP) is 4.99. The van der Waals surface area contributed by atoms with Crippen molar-refractivity contribution in [2.24, 2.45) is 0 Å². The molecule has 1 saturated heterocycles. The van der Waals surface area contributed by atoms with E-state index >= 15 is 0 Å². The summed E-state index contributed by atoms with van der Waals surface area (Å²) in [5.41, 5.74) is 0.637. The number of carbonyl (C=O) groups excluding carboxylic acids is 1. The van der Waals surface area contributed by atoms with Crippen LogP contribution in [-0.2, 0) is 6.18 Å². The molecule has 0 aromatic carbocycles. The fourth-order valence-corrected chi connectivity index (χ4v) is 4.06. The number of likely N-dealkylation sites (tertiary alicyclic amines) is 1. The van der Waals surface area contributed by atoms with E-state index in [1.807, 2.05) is 19.9 Å². The molecular weight excluding hydrogens is 471 g/mol. The van der Waals surface area contributed by atoms with Crippen LogP contribution in [0.25, 0.3) is 11.4 Å². The van der Waals surface area contributed by atoms with Crippen LogP contribution < -0.4 is 4.74 Å². The molecule has 0 spiro atoms. The monoisotopic (exact) mass is 491 g/mol. The van der Waals surface area contributed by atoms with Gasteiger partial charge in [0.25, 0.3) is 5.91 Å². The first-order valence-corrected chi connectivity index (χ1v) is 11.0. The van der Waals surface area contributed by atoms with Gasteiger partial charge in [-0.3, -0.25) is 9.78 Å². The van der Waals surface area contributed by atoms with Gasteiger partial charge in [-0.05, 0) is 50.5 Å². The molecule has 4 rings (SSSR count). The zero-order chi connectivity index (χ0) is 24.5. The standard InChI is InChI=1S/C23H21ClF3N5O2/c1-13-9-16(20-28-6-4-7-29-20)19(30-11-13)22(33)32-8-3-5-18(14(32)2)34-21-17(24)10-15(12-31-21)23(25,26)27/h4,6-7,9-12,14,18H,3,5,8H2,1-2H3. The lowest BCUT2D eigenvalue weighted by molar-refractivity contribution is -0.137. The fraction of sp³-hybridized carbons (Fsp3) is 0.348. The molecule has 0 bridgehead atoms. The maximum absolute atomic E-state index is 13.5. The maximum Gasteiger partial charge on any atom is 0.417 e. The van der Waals surface area contributed by atoms with Gasteiger partial charge in [0.15, 0.2) is 5.82 Å². The van der Waals surface area contributed by atoms with Gasteiger partial charge in [0.1, 0.15) is 16.8 Å². The van der Waals surface area contributed by atoms with E-state index < -0.39 is 23.9 Å². The minimum absolute atomic E-state index is 0.104. The van der Waals surface area contributed by atoms with E-state index in [-0.39, 0.29) is 22.5 Å². The summed E-state index contributed by atoms with van der Waals surface area (Å²) in [6.45, 7) is 4.15. The summed E-state index contributed by atoms with van der Waals surface area (Å²) in [5, 5.41) is -0.241. The molecule has 1 amide bonds. The quantitative estimate of drug-likeness (QED) is 0.511. The number of amides is 1. The van der Waals surface area contributed by atoms with Crippen LogP contribution in [0.1, 0.15) is 41.4 Å². The second-order valence-corrected chi connectivity index (χ2v) is 8.43. The van der Waals surface area contributed by atoms with Gasteiger partial charge in [0, 0.05) is 31.3 Å². The van der Waals surface area contributed by atoms with Gasteiger partial charge in [0.05, 0.1) is 17.2 Å². The molecule has 0 radical (unpaired) electrons. The third-order valence-corrected chi connectivity index (χ3v) is 5.88. The molecule has 0 N–H and O–H groups in total. The topological polar surface area (TPSA) is 81.1 Å². The third-order valence-electron chi connectivity index (χ3n) is 5.61. The molecule has 4 heterocycles. The van der Waals surface area contributed by atoms with Crippen LogP contribution in [0.2, 0.25) is 5.02 Å². The highest BCUT2D eigenvalue weighted by atomic mass is 35.5. The van der Waals surface area contributed by atoms with E-state index in [1.165, 1.54) is 0 Å². The largest absolute Gasteiger partial charge is 0.471 e. The van der Waals surface area contributed by atoms with Crippen molar-refractivity contribution in [3.05, 3.63) is 64.8 Å². The van der Waals surface area contributed by atoms with Crippen molar-refractivity contribution in [3.63, 3.8) is 0 Å². The number of aryl methyl sites for hydroxylation is 1. The van der Waals surface area contributed by atoms with Gasteiger partial charge in [-0.15, -0.1) is 0 Å². The number of aromatic nitrogens is 4. The summed E-state index contributed by atoms with van der Waals surface area (Å²) in [6.07, 6.45) is 1.61. The Morgan fingerprint density at radius 3 is 2.56 bits per heavy atom.